The molecule has 0 aromatic carbocycles. The number of carboxylic acid groups (broad SMARTS) is 1. The van der Waals surface area contributed by atoms with E-state index in [4.69, 9.17) is 17.3 Å². The van der Waals surface area contributed by atoms with Gasteiger partial charge in [-0.15, -0.1) is 0 Å². The Bertz CT molecular complexity index is 723. The third-order valence-electron chi connectivity index (χ3n) is 6.78. The van der Waals surface area contributed by atoms with Gasteiger partial charge in [0.25, 0.3) is 0 Å². The van der Waals surface area contributed by atoms with Gasteiger partial charge >= 0.3 is 5.97 Å². The second-order valence-corrected chi connectivity index (χ2v) is 9.18. The standard InChI is InChI=1S/C19H28ClN5O2/c1-11-15(20)16(21)23-18(22-11)25-9-13(10-25)12-4-3-5-24(8-12)14-6-19(2,7-14)17(26)27/h12-14H,3-10H2,1-2H3,(H,26,27)(H2,21,22,23)/t12-,14?,19?/m0/s1. The minimum Gasteiger partial charge on any atom is -0.481 e. The molecule has 8 heteroatoms. The number of likely N-dealkylation sites (tertiary alicyclic amines) is 1. The van der Waals surface area contributed by atoms with Gasteiger partial charge in [-0.25, -0.2) is 4.98 Å². The molecule has 3 N–H and O–H groups in total. The Kier molecular flexibility index (Phi) is 4.71. The van der Waals surface area contributed by atoms with Gasteiger partial charge in [-0.3, -0.25) is 4.79 Å². The highest BCUT2D eigenvalue weighted by atomic mass is 35.5. The molecule has 2 saturated heterocycles. The number of aromatic nitrogens is 2. The Balaban J connectivity index is 1.32. The van der Waals surface area contributed by atoms with Crippen LogP contribution in [0, 0.1) is 24.2 Å². The fraction of sp³-hybridized carbons (Fsp3) is 0.737. The van der Waals surface area contributed by atoms with Crippen molar-refractivity contribution in [3.05, 3.63) is 10.7 Å². The van der Waals surface area contributed by atoms with Crippen molar-refractivity contribution in [1.29, 1.82) is 0 Å². The molecule has 0 radical (unpaired) electrons. The summed E-state index contributed by atoms with van der Waals surface area (Å²) in [5.74, 6) is 1.67. The van der Waals surface area contributed by atoms with Gasteiger partial charge < -0.3 is 20.6 Å². The average Bonchev–Trinajstić information content (AvgIpc) is 2.55. The smallest absolute Gasteiger partial charge is 0.309 e. The molecule has 3 fully saturated rings. The quantitative estimate of drug-likeness (QED) is 0.810. The Morgan fingerprint density at radius 2 is 1.96 bits per heavy atom. The summed E-state index contributed by atoms with van der Waals surface area (Å²) in [6, 6.07) is 0.437. The highest BCUT2D eigenvalue weighted by Crippen LogP contribution is 2.45. The zero-order valence-corrected chi connectivity index (χ0v) is 16.7. The van der Waals surface area contributed by atoms with Crippen LogP contribution in [-0.4, -0.2) is 58.2 Å². The average molecular weight is 394 g/mol. The summed E-state index contributed by atoms with van der Waals surface area (Å²) in [4.78, 5) is 24.8. The maximum Gasteiger partial charge on any atom is 0.309 e. The molecule has 1 saturated carbocycles. The van der Waals surface area contributed by atoms with E-state index in [0.29, 0.717) is 34.7 Å². The van der Waals surface area contributed by atoms with Crippen molar-refractivity contribution in [3.63, 3.8) is 0 Å². The summed E-state index contributed by atoms with van der Waals surface area (Å²) in [6.07, 6.45) is 4.01. The molecule has 1 aromatic heterocycles. The molecule has 0 bridgehead atoms. The molecule has 4 rings (SSSR count). The molecule has 3 heterocycles. The molecule has 0 amide bonds. The van der Waals surface area contributed by atoms with Crippen LogP contribution in [0.25, 0.3) is 0 Å². The van der Waals surface area contributed by atoms with E-state index < -0.39 is 11.4 Å². The van der Waals surface area contributed by atoms with E-state index in [9.17, 15) is 9.90 Å². The molecular weight excluding hydrogens is 366 g/mol. The summed E-state index contributed by atoms with van der Waals surface area (Å²) in [7, 11) is 0. The molecule has 7 nitrogen and oxygen atoms in total. The van der Waals surface area contributed by atoms with E-state index >= 15 is 0 Å². The topological polar surface area (TPSA) is 95.6 Å². The molecular formula is C19H28ClN5O2. The van der Waals surface area contributed by atoms with E-state index in [1.165, 1.54) is 12.8 Å². The van der Waals surface area contributed by atoms with Gasteiger partial charge in [-0.05, 0) is 57.9 Å². The number of nitrogens with two attached hydrogens (primary N) is 1. The van der Waals surface area contributed by atoms with Crippen molar-refractivity contribution in [2.24, 2.45) is 17.3 Å². The van der Waals surface area contributed by atoms with Crippen LogP contribution in [0.2, 0.25) is 5.02 Å². The lowest BCUT2D eigenvalue weighted by molar-refractivity contribution is -0.158. The molecule has 0 unspecified atom stereocenters. The number of anilines is 2. The van der Waals surface area contributed by atoms with Gasteiger partial charge in [0.15, 0.2) is 0 Å². The molecule has 27 heavy (non-hydrogen) atoms. The van der Waals surface area contributed by atoms with E-state index in [1.54, 1.807) is 0 Å². The third kappa shape index (κ3) is 3.36. The van der Waals surface area contributed by atoms with Crippen molar-refractivity contribution >= 4 is 29.3 Å². The van der Waals surface area contributed by atoms with Gasteiger partial charge in [0, 0.05) is 25.7 Å². The minimum atomic E-state index is -0.653. The summed E-state index contributed by atoms with van der Waals surface area (Å²) < 4.78 is 0. The number of aryl methyl sites for hydroxylation is 1. The number of hydrogen-bond donors (Lipinski definition) is 2. The summed E-state index contributed by atoms with van der Waals surface area (Å²) >= 11 is 6.06. The lowest BCUT2D eigenvalue weighted by Crippen LogP contribution is -2.58. The summed E-state index contributed by atoms with van der Waals surface area (Å²) in [5.41, 5.74) is 6.07. The number of carboxylic acids is 1. The SMILES string of the molecule is Cc1nc(N2CC([C@H]3CCCN(C4CC(C)(C(=O)O)C4)C3)C2)nc(N)c1Cl. The van der Waals surface area contributed by atoms with E-state index in [1.807, 2.05) is 13.8 Å². The van der Waals surface area contributed by atoms with Crippen LogP contribution in [0.5, 0.6) is 0 Å². The number of rotatable bonds is 4. The third-order valence-corrected chi connectivity index (χ3v) is 7.25. The number of halogens is 1. The van der Waals surface area contributed by atoms with Crippen LogP contribution < -0.4 is 10.6 Å². The maximum absolute atomic E-state index is 11.3. The van der Waals surface area contributed by atoms with Crippen molar-refractivity contribution in [3.8, 4) is 0 Å². The monoisotopic (exact) mass is 393 g/mol. The lowest BCUT2D eigenvalue weighted by Gasteiger charge is -2.52. The van der Waals surface area contributed by atoms with Crippen molar-refractivity contribution in [1.82, 2.24) is 14.9 Å². The van der Waals surface area contributed by atoms with Crippen LogP contribution in [0.15, 0.2) is 0 Å². The van der Waals surface area contributed by atoms with Crippen LogP contribution >= 0.6 is 11.6 Å². The van der Waals surface area contributed by atoms with E-state index in [0.717, 1.165) is 44.7 Å². The number of aliphatic carboxylic acids is 1. The number of nitrogens with zero attached hydrogens (tertiary/aromatic N) is 4. The van der Waals surface area contributed by atoms with Crippen molar-refractivity contribution in [2.45, 2.75) is 45.6 Å². The number of nitrogen functional groups attached to an aromatic ring is 1. The zero-order chi connectivity index (χ0) is 19.3. The van der Waals surface area contributed by atoms with Crippen molar-refractivity contribution in [2.75, 3.05) is 36.8 Å². The van der Waals surface area contributed by atoms with E-state index in [2.05, 4.69) is 19.8 Å². The van der Waals surface area contributed by atoms with Crippen LogP contribution in [0.3, 0.4) is 0 Å². The Morgan fingerprint density at radius 1 is 1.26 bits per heavy atom. The molecule has 1 atom stereocenters. The number of piperidine rings is 1. The van der Waals surface area contributed by atoms with Gasteiger partial charge in [0.1, 0.15) is 10.8 Å². The van der Waals surface area contributed by atoms with Crippen LogP contribution in [0.4, 0.5) is 11.8 Å². The Labute approximate surface area is 164 Å². The molecule has 3 aliphatic rings. The predicted molar refractivity (Wildman–Crippen MR) is 105 cm³/mol. The first kappa shape index (κ1) is 18.7. The van der Waals surface area contributed by atoms with Crippen LogP contribution in [-0.2, 0) is 4.79 Å². The summed E-state index contributed by atoms with van der Waals surface area (Å²) in [6.45, 7) is 7.82. The normalized spacial score (nSPS) is 32.0. The zero-order valence-electron chi connectivity index (χ0n) is 16.0. The summed E-state index contributed by atoms with van der Waals surface area (Å²) in [5, 5.41) is 9.77. The van der Waals surface area contributed by atoms with Crippen LogP contribution in [0.1, 0.15) is 38.3 Å². The van der Waals surface area contributed by atoms with Gasteiger partial charge in [-0.1, -0.05) is 11.6 Å². The lowest BCUT2D eigenvalue weighted by atomic mass is 9.65. The molecule has 1 aliphatic carbocycles. The molecule has 1 aromatic rings. The first-order valence-corrected chi connectivity index (χ1v) is 10.2. The van der Waals surface area contributed by atoms with Gasteiger partial charge in [0.2, 0.25) is 5.95 Å². The van der Waals surface area contributed by atoms with Gasteiger partial charge in [0.05, 0.1) is 11.1 Å². The van der Waals surface area contributed by atoms with Crippen molar-refractivity contribution < 1.29 is 9.90 Å². The Hall–Kier alpha value is -1.60. The maximum atomic E-state index is 11.3. The Morgan fingerprint density at radius 3 is 2.59 bits per heavy atom. The fourth-order valence-corrected chi connectivity index (χ4v) is 4.94. The largest absolute Gasteiger partial charge is 0.481 e. The predicted octanol–water partition coefficient (Wildman–Crippen LogP) is 2.42. The highest BCUT2D eigenvalue weighted by Gasteiger charge is 2.49. The molecule has 2 aliphatic heterocycles. The highest BCUT2D eigenvalue weighted by molar-refractivity contribution is 6.33. The second kappa shape index (κ2) is 6.78. The number of carbonyl (C=O) groups is 1. The number of hydrogen-bond acceptors (Lipinski definition) is 6. The minimum absolute atomic E-state index is 0.345. The fourth-order valence-electron chi connectivity index (χ4n) is 4.85. The van der Waals surface area contributed by atoms with Gasteiger partial charge in [-0.2, -0.15) is 4.98 Å². The first-order valence-electron chi connectivity index (χ1n) is 9.79. The second-order valence-electron chi connectivity index (χ2n) is 8.80. The van der Waals surface area contributed by atoms with E-state index in [-0.39, 0.29) is 0 Å². The molecule has 0 spiro atoms. The first-order chi connectivity index (χ1) is 12.8. The molecule has 148 valence electrons.